The Morgan fingerprint density at radius 1 is 1.11 bits per heavy atom. The van der Waals surface area contributed by atoms with E-state index in [1.807, 2.05) is 0 Å². The van der Waals surface area contributed by atoms with Crippen molar-refractivity contribution in [3.63, 3.8) is 0 Å². The van der Waals surface area contributed by atoms with Crippen molar-refractivity contribution < 1.29 is 13.2 Å². The van der Waals surface area contributed by atoms with E-state index in [0.29, 0.717) is 5.65 Å². The molecule has 0 amide bonds. The summed E-state index contributed by atoms with van der Waals surface area (Å²) in [5.41, 5.74) is 0.225. The maximum atomic E-state index is 13.4. The summed E-state index contributed by atoms with van der Waals surface area (Å²) in [7, 11) is 0. The molecule has 3 heterocycles. The standard InChI is InChI=1S/C18H17F3N4O.ClH/c19-18(20,21)14-4-2-1-3-12(14)13-10-23-25-15(9-16(26)24-17(13)25)11-5-7-22-8-6-11;/h1-4,9-11,22H,5-8H2,(H,24,26);1H. The first-order valence-corrected chi connectivity index (χ1v) is 8.43. The lowest BCUT2D eigenvalue weighted by molar-refractivity contribution is -0.137. The number of H-pyrrole nitrogens is 1. The number of nitrogens with zero attached hydrogens (tertiary/aromatic N) is 2. The van der Waals surface area contributed by atoms with Gasteiger partial charge in [-0.1, -0.05) is 18.2 Å². The Kier molecular flexibility index (Phi) is 5.30. The summed E-state index contributed by atoms with van der Waals surface area (Å²) >= 11 is 0. The zero-order valence-electron chi connectivity index (χ0n) is 14.2. The monoisotopic (exact) mass is 398 g/mol. The second-order valence-corrected chi connectivity index (χ2v) is 6.44. The molecule has 1 saturated heterocycles. The van der Waals surface area contributed by atoms with Gasteiger partial charge in [-0.15, -0.1) is 12.4 Å². The minimum atomic E-state index is -4.49. The summed E-state index contributed by atoms with van der Waals surface area (Å²) in [6.45, 7) is 1.67. The third-order valence-corrected chi connectivity index (χ3v) is 4.81. The molecule has 3 aromatic rings. The lowest BCUT2D eigenvalue weighted by atomic mass is 9.94. The van der Waals surface area contributed by atoms with E-state index < -0.39 is 11.7 Å². The maximum Gasteiger partial charge on any atom is 0.417 e. The first-order valence-electron chi connectivity index (χ1n) is 8.43. The Hall–Kier alpha value is -2.32. The van der Waals surface area contributed by atoms with Gasteiger partial charge in [0.1, 0.15) is 5.65 Å². The van der Waals surface area contributed by atoms with Crippen LogP contribution in [-0.4, -0.2) is 27.7 Å². The number of piperidine rings is 1. The van der Waals surface area contributed by atoms with Crippen molar-refractivity contribution in [2.75, 3.05) is 13.1 Å². The largest absolute Gasteiger partial charge is 0.417 e. The second kappa shape index (κ2) is 7.36. The van der Waals surface area contributed by atoms with Crippen molar-refractivity contribution in [1.29, 1.82) is 0 Å². The first kappa shape index (κ1) is 19.4. The number of aromatic nitrogens is 3. The lowest BCUT2D eigenvalue weighted by Gasteiger charge is -2.23. The summed E-state index contributed by atoms with van der Waals surface area (Å²) in [6, 6.07) is 6.82. The number of halogens is 4. The van der Waals surface area contributed by atoms with Crippen LogP contribution >= 0.6 is 12.4 Å². The number of hydrogen-bond donors (Lipinski definition) is 2. The molecule has 1 aliphatic heterocycles. The molecule has 2 N–H and O–H groups in total. The molecule has 27 heavy (non-hydrogen) atoms. The van der Waals surface area contributed by atoms with E-state index in [2.05, 4.69) is 15.4 Å². The lowest BCUT2D eigenvalue weighted by Crippen LogP contribution is -2.28. The van der Waals surface area contributed by atoms with Gasteiger partial charge in [-0.25, -0.2) is 4.52 Å². The molecule has 5 nitrogen and oxygen atoms in total. The van der Waals surface area contributed by atoms with Crippen molar-refractivity contribution in [2.24, 2.45) is 0 Å². The molecule has 0 spiro atoms. The number of nitrogens with one attached hydrogen (secondary N) is 2. The van der Waals surface area contributed by atoms with Crippen LogP contribution in [-0.2, 0) is 6.18 Å². The number of hydrogen-bond acceptors (Lipinski definition) is 3. The molecule has 0 atom stereocenters. The molecule has 0 unspecified atom stereocenters. The molecule has 1 aliphatic rings. The van der Waals surface area contributed by atoms with Crippen LogP contribution in [0.25, 0.3) is 16.8 Å². The summed E-state index contributed by atoms with van der Waals surface area (Å²) in [5.74, 6) is 0.145. The first-order chi connectivity index (χ1) is 12.4. The van der Waals surface area contributed by atoms with Crippen LogP contribution in [0.4, 0.5) is 13.2 Å². The Morgan fingerprint density at radius 2 is 1.81 bits per heavy atom. The van der Waals surface area contributed by atoms with Gasteiger partial charge in [0.25, 0.3) is 5.56 Å². The molecular weight excluding hydrogens is 381 g/mol. The molecule has 2 aromatic heterocycles. The third-order valence-electron chi connectivity index (χ3n) is 4.81. The van der Waals surface area contributed by atoms with Crippen molar-refractivity contribution in [2.45, 2.75) is 24.9 Å². The third kappa shape index (κ3) is 3.59. The minimum Gasteiger partial charge on any atom is -0.317 e. The zero-order chi connectivity index (χ0) is 18.3. The normalized spacial score (nSPS) is 15.7. The fourth-order valence-corrected chi connectivity index (χ4v) is 3.58. The average Bonchev–Trinajstić information content (AvgIpc) is 3.04. The Bertz CT molecular complexity index is 1010. The van der Waals surface area contributed by atoms with Gasteiger partial charge in [0.2, 0.25) is 0 Å². The molecule has 0 aliphatic carbocycles. The Balaban J connectivity index is 0.00000210. The smallest absolute Gasteiger partial charge is 0.317 e. The molecule has 1 fully saturated rings. The summed E-state index contributed by atoms with van der Waals surface area (Å²) in [4.78, 5) is 14.8. The van der Waals surface area contributed by atoms with E-state index >= 15 is 0 Å². The molecule has 0 radical (unpaired) electrons. The minimum absolute atomic E-state index is 0. The molecule has 1 aromatic carbocycles. The van der Waals surface area contributed by atoms with Gasteiger partial charge < -0.3 is 10.3 Å². The van der Waals surface area contributed by atoms with E-state index in [1.54, 1.807) is 10.6 Å². The van der Waals surface area contributed by atoms with Gasteiger partial charge in [0.15, 0.2) is 0 Å². The molecule has 0 saturated carbocycles. The van der Waals surface area contributed by atoms with Gasteiger partial charge in [-0.3, -0.25) is 4.79 Å². The SMILES string of the molecule is Cl.O=c1cc(C2CCNCC2)n2ncc(-c3ccccc3C(F)(F)F)c2[nH]1. The highest BCUT2D eigenvalue weighted by Crippen LogP contribution is 2.38. The van der Waals surface area contributed by atoms with E-state index in [0.717, 1.165) is 37.7 Å². The zero-order valence-corrected chi connectivity index (χ0v) is 15.0. The van der Waals surface area contributed by atoms with Crippen LogP contribution in [0.1, 0.15) is 30.0 Å². The summed E-state index contributed by atoms with van der Waals surface area (Å²) in [5, 5.41) is 7.55. The van der Waals surface area contributed by atoms with Crippen LogP contribution in [0, 0.1) is 0 Å². The van der Waals surface area contributed by atoms with Gasteiger partial charge in [0.05, 0.1) is 17.5 Å². The molecule has 144 valence electrons. The highest BCUT2D eigenvalue weighted by atomic mass is 35.5. The fourth-order valence-electron chi connectivity index (χ4n) is 3.58. The van der Waals surface area contributed by atoms with Gasteiger partial charge in [-0.2, -0.15) is 18.3 Å². The topological polar surface area (TPSA) is 62.2 Å². The Morgan fingerprint density at radius 3 is 2.52 bits per heavy atom. The van der Waals surface area contributed by atoms with E-state index in [9.17, 15) is 18.0 Å². The highest BCUT2D eigenvalue weighted by molar-refractivity contribution is 5.85. The predicted molar refractivity (Wildman–Crippen MR) is 98.3 cm³/mol. The second-order valence-electron chi connectivity index (χ2n) is 6.44. The quantitative estimate of drug-likeness (QED) is 0.693. The van der Waals surface area contributed by atoms with Crippen LogP contribution in [0.15, 0.2) is 41.3 Å². The summed E-state index contributed by atoms with van der Waals surface area (Å²) < 4.78 is 41.7. The van der Waals surface area contributed by atoms with Crippen molar-refractivity contribution >= 4 is 18.1 Å². The van der Waals surface area contributed by atoms with Crippen LogP contribution in [0.2, 0.25) is 0 Å². The van der Waals surface area contributed by atoms with Crippen LogP contribution in [0.3, 0.4) is 0 Å². The number of rotatable bonds is 2. The van der Waals surface area contributed by atoms with Crippen molar-refractivity contribution in [1.82, 2.24) is 19.9 Å². The van der Waals surface area contributed by atoms with E-state index in [-0.39, 0.29) is 35.0 Å². The molecule has 4 rings (SSSR count). The van der Waals surface area contributed by atoms with Gasteiger partial charge in [-0.05, 0) is 37.6 Å². The van der Waals surface area contributed by atoms with Crippen molar-refractivity contribution in [3.8, 4) is 11.1 Å². The number of alkyl halides is 3. The number of benzene rings is 1. The number of aromatic amines is 1. The van der Waals surface area contributed by atoms with E-state index in [4.69, 9.17) is 0 Å². The maximum absolute atomic E-state index is 13.4. The van der Waals surface area contributed by atoms with Gasteiger partial charge in [0, 0.05) is 17.5 Å². The fraction of sp³-hybridized carbons (Fsp3) is 0.333. The van der Waals surface area contributed by atoms with Crippen molar-refractivity contribution in [3.05, 3.63) is 58.1 Å². The summed E-state index contributed by atoms with van der Waals surface area (Å²) in [6.07, 6.45) is -1.39. The molecule has 9 heteroatoms. The van der Waals surface area contributed by atoms with Crippen LogP contribution in [0.5, 0.6) is 0 Å². The predicted octanol–water partition coefficient (Wildman–Crippen LogP) is 3.60. The van der Waals surface area contributed by atoms with Gasteiger partial charge >= 0.3 is 6.18 Å². The Labute approximate surface area is 159 Å². The number of fused-ring (bicyclic) bond motifs is 1. The molecular formula is C18H18ClF3N4O. The van der Waals surface area contributed by atoms with Crippen LogP contribution < -0.4 is 10.9 Å². The average molecular weight is 399 g/mol. The van der Waals surface area contributed by atoms with E-state index in [1.165, 1.54) is 24.4 Å². The highest BCUT2D eigenvalue weighted by Gasteiger charge is 2.34. The molecule has 0 bridgehead atoms.